The Hall–Kier alpha value is -1.57. The zero-order valence-corrected chi connectivity index (χ0v) is 12.5. The number of aryl methyl sites for hydroxylation is 2. The van der Waals surface area contributed by atoms with E-state index >= 15 is 0 Å². The highest BCUT2D eigenvalue weighted by molar-refractivity contribution is 5.85. The molecule has 2 aromatic rings. The predicted octanol–water partition coefficient (Wildman–Crippen LogP) is 4.27. The van der Waals surface area contributed by atoms with Gasteiger partial charge in [0.25, 0.3) is 5.56 Å². The Morgan fingerprint density at radius 2 is 1.80 bits per heavy atom. The standard InChI is InChI=1S/C18H23NO/c1-12-8-13(2)16-11-15(19-18(20)17(16)9-12)10-14-6-4-3-5-7-14/h8-9,11,14H,3-7,10H2,1-2H3,(H,19,20). The van der Waals surface area contributed by atoms with E-state index < -0.39 is 0 Å². The summed E-state index contributed by atoms with van der Waals surface area (Å²) in [4.78, 5) is 15.4. The maximum Gasteiger partial charge on any atom is 0.256 e. The van der Waals surface area contributed by atoms with Gasteiger partial charge in [-0.05, 0) is 49.3 Å². The summed E-state index contributed by atoms with van der Waals surface area (Å²) >= 11 is 0. The lowest BCUT2D eigenvalue weighted by Crippen LogP contribution is -2.15. The quantitative estimate of drug-likeness (QED) is 0.867. The zero-order valence-electron chi connectivity index (χ0n) is 12.5. The number of fused-ring (bicyclic) bond motifs is 1. The number of pyridine rings is 1. The molecule has 1 aromatic heterocycles. The molecule has 1 aliphatic rings. The van der Waals surface area contributed by atoms with Crippen molar-refractivity contribution in [2.45, 2.75) is 52.4 Å². The van der Waals surface area contributed by atoms with E-state index in [1.807, 2.05) is 13.0 Å². The molecule has 0 amide bonds. The van der Waals surface area contributed by atoms with Gasteiger partial charge in [0, 0.05) is 11.1 Å². The van der Waals surface area contributed by atoms with Gasteiger partial charge in [0.05, 0.1) is 0 Å². The Morgan fingerprint density at radius 3 is 2.55 bits per heavy atom. The molecule has 106 valence electrons. The van der Waals surface area contributed by atoms with Crippen LogP contribution in [0.5, 0.6) is 0 Å². The highest BCUT2D eigenvalue weighted by Gasteiger charge is 2.15. The van der Waals surface area contributed by atoms with Crippen molar-refractivity contribution in [1.82, 2.24) is 4.98 Å². The highest BCUT2D eigenvalue weighted by Crippen LogP contribution is 2.27. The Bertz CT molecular complexity index is 678. The molecule has 0 aliphatic heterocycles. The van der Waals surface area contributed by atoms with Crippen molar-refractivity contribution in [2.75, 3.05) is 0 Å². The van der Waals surface area contributed by atoms with E-state index in [2.05, 4.69) is 24.0 Å². The molecule has 20 heavy (non-hydrogen) atoms. The minimum absolute atomic E-state index is 0.0695. The Kier molecular flexibility index (Phi) is 3.64. The van der Waals surface area contributed by atoms with Crippen LogP contribution in [-0.2, 0) is 6.42 Å². The smallest absolute Gasteiger partial charge is 0.256 e. The van der Waals surface area contributed by atoms with E-state index in [0.717, 1.165) is 34.4 Å². The summed E-state index contributed by atoms with van der Waals surface area (Å²) in [5.74, 6) is 0.752. The topological polar surface area (TPSA) is 32.9 Å². The van der Waals surface area contributed by atoms with Crippen LogP contribution in [0, 0.1) is 19.8 Å². The fraction of sp³-hybridized carbons (Fsp3) is 0.500. The van der Waals surface area contributed by atoms with Crippen LogP contribution in [0.3, 0.4) is 0 Å². The van der Waals surface area contributed by atoms with Gasteiger partial charge in [-0.2, -0.15) is 0 Å². The molecule has 1 heterocycles. The third-order valence-corrected chi connectivity index (χ3v) is 4.60. The van der Waals surface area contributed by atoms with E-state index in [9.17, 15) is 4.79 Å². The van der Waals surface area contributed by atoms with Gasteiger partial charge in [0.1, 0.15) is 0 Å². The van der Waals surface area contributed by atoms with Gasteiger partial charge in [-0.25, -0.2) is 0 Å². The molecular weight excluding hydrogens is 246 g/mol. The van der Waals surface area contributed by atoms with Crippen LogP contribution in [0.15, 0.2) is 23.0 Å². The van der Waals surface area contributed by atoms with Crippen molar-refractivity contribution in [1.29, 1.82) is 0 Å². The highest BCUT2D eigenvalue weighted by atomic mass is 16.1. The van der Waals surface area contributed by atoms with Crippen molar-refractivity contribution < 1.29 is 0 Å². The van der Waals surface area contributed by atoms with Crippen molar-refractivity contribution in [3.8, 4) is 0 Å². The summed E-state index contributed by atoms with van der Waals surface area (Å²) in [5.41, 5.74) is 3.54. The number of hydrogen-bond donors (Lipinski definition) is 1. The lowest BCUT2D eigenvalue weighted by molar-refractivity contribution is 0.354. The number of rotatable bonds is 2. The molecule has 3 rings (SSSR count). The van der Waals surface area contributed by atoms with Crippen LogP contribution in [-0.4, -0.2) is 4.98 Å². The summed E-state index contributed by atoms with van der Waals surface area (Å²) in [5, 5.41) is 1.94. The third-order valence-electron chi connectivity index (χ3n) is 4.60. The van der Waals surface area contributed by atoms with E-state index in [1.165, 1.54) is 37.7 Å². The molecule has 2 nitrogen and oxygen atoms in total. The second kappa shape index (κ2) is 5.43. The van der Waals surface area contributed by atoms with Crippen LogP contribution in [0.25, 0.3) is 10.8 Å². The molecule has 0 atom stereocenters. The fourth-order valence-corrected chi connectivity index (χ4v) is 3.59. The number of hydrogen-bond acceptors (Lipinski definition) is 1. The van der Waals surface area contributed by atoms with E-state index in [-0.39, 0.29) is 5.56 Å². The summed E-state index contributed by atoms with van der Waals surface area (Å²) in [7, 11) is 0. The molecule has 1 fully saturated rings. The van der Waals surface area contributed by atoms with Gasteiger partial charge >= 0.3 is 0 Å². The lowest BCUT2D eigenvalue weighted by atomic mass is 9.86. The third kappa shape index (κ3) is 2.65. The molecular formula is C18H23NO. The van der Waals surface area contributed by atoms with Gasteiger partial charge in [-0.1, -0.05) is 43.7 Å². The number of aromatic amines is 1. The average Bonchev–Trinajstić information content (AvgIpc) is 2.41. The largest absolute Gasteiger partial charge is 0.326 e. The van der Waals surface area contributed by atoms with Crippen LogP contribution in [0.1, 0.15) is 48.9 Å². The first kappa shape index (κ1) is 13.4. The van der Waals surface area contributed by atoms with Crippen molar-refractivity contribution >= 4 is 10.8 Å². The predicted molar refractivity (Wildman–Crippen MR) is 84.3 cm³/mol. The Balaban J connectivity index is 1.98. The summed E-state index contributed by atoms with van der Waals surface area (Å²) in [6.45, 7) is 4.14. The molecule has 1 aromatic carbocycles. The second-order valence-corrected chi connectivity index (χ2v) is 6.37. The molecule has 0 spiro atoms. The van der Waals surface area contributed by atoms with Gasteiger partial charge in [-0.15, -0.1) is 0 Å². The van der Waals surface area contributed by atoms with Crippen LogP contribution in [0.4, 0.5) is 0 Å². The lowest BCUT2D eigenvalue weighted by Gasteiger charge is -2.21. The maximum atomic E-state index is 12.3. The average molecular weight is 269 g/mol. The first-order valence-corrected chi connectivity index (χ1v) is 7.76. The Morgan fingerprint density at radius 1 is 1.05 bits per heavy atom. The molecule has 1 aliphatic carbocycles. The molecule has 1 N–H and O–H groups in total. The van der Waals surface area contributed by atoms with E-state index in [1.54, 1.807) is 0 Å². The number of nitrogens with one attached hydrogen (secondary N) is 1. The van der Waals surface area contributed by atoms with Crippen LogP contribution < -0.4 is 5.56 Å². The minimum atomic E-state index is 0.0695. The molecule has 1 saturated carbocycles. The number of benzene rings is 1. The number of H-pyrrole nitrogens is 1. The Labute approximate surface area is 120 Å². The van der Waals surface area contributed by atoms with Crippen LogP contribution >= 0.6 is 0 Å². The second-order valence-electron chi connectivity index (χ2n) is 6.37. The van der Waals surface area contributed by atoms with Crippen LogP contribution in [0.2, 0.25) is 0 Å². The summed E-state index contributed by atoms with van der Waals surface area (Å²) < 4.78 is 0. The zero-order chi connectivity index (χ0) is 14.1. The normalized spacial score (nSPS) is 16.7. The molecule has 2 heteroatoms. The fourth-order valence-electron chi connectivity index (χ4n) is 3.59. The first-order chi connectivity index (χ1) is 9.63. The van der Waals surface area contributed by atoms with Gasteiger partial charge in [-0.3, -0.25) is 4.79 Å². The molecule has 0 bridgehead atoms. The van der Waals surface area contributed by atoms with E-state index in [4.69, 9.17) is 0 Å². The van der Waals surface area contributed by atoms with Gasteiger partial charge in [0.15, 0.2) is 0 Å². The van der Waals surface area contributed by atoms with Gasteiger partial charge < -0.3 is 4.98 Å². The monoisotopic (exact) mass is 269 g/mol. The van der Waals surface area contributed by atoms with E-state index in [0.29, 0.717) is 0 Å². The van der Waals surface area contributed by atoms with Gasteiger partial charge in [0.2, 0.25) is 0 Å². The van der Waals surface area contributed by atoms with Crippen molar-refractivity contribution in [3.63, 3.8) is 0 Å². The first-order valence-electron chi connectivity index (χ1n) is 7.76. The maximum absolute atomic E-state index is 12.3. The molecule has 0 unspecified atom stereocenters. The molecule has 0 radical (unpaired) electrons. The molecule has 0 saturated heterocycles. The summed E-state index contributed by atoms with van der Waals surface area (Å²) in [6, 6.07) is 6.35. The minimum Gasteiger partial charge on any atom is -0.326 e. The number of aromatic nitrogens is 1. The summed E-state index contributed by atoms with van der Waals surface area (Å²) in [6.07, 6.45) is 7.73. The SMILES string of the molecule is Cc1cc(C)c2cc(CC3CCCCC3)[nH]c(=O)c2c1. The van der Waals surface area contributed by atoms with Crippen molar-refractivity contribution in [3.05, 3.63) is 45.4 Å². The van der Waals surface area contributed by atoms with Crippen molar-refractivity contribution in [2.24, 2.45) is 5.92 Å².